The highest BCUT2D eigenvalue weighted by Gasteiger charge is 2.18. The maximum atomic E-state index is 5.80. The summed E-state index contributed by atoms with van der Waals surface area (Å²) < 4.78 is 5.80. The molecule has 3 nitrogen and oxygen atoms in total. The van der Waals surface area contributed by atoms with Gasteiger partial charge in [-0.25, -0.2) is 0 Å². The van der Waals surface area contributed by atoms with E-state index in [9.17, 15) is 0 Å². The van der Waals surface area contributed by atoms with Gasteiger partial charge >= 0.3 is 0 Å². The molecule has 1 fully saturated rings. The summed E-state index contributed by atoms with van der Waals surface area (Å²) in [6.07, 6.45) is 2.53. The van der Waals surface area contributed by atoms with E-state index in [1.165, 1.54) is 18.4 Å². The molecule has 0 radical (unpaired) electrons. The van der Waals surface area contributed by atoms with E-state index in [2.05, 4.69) is 49.4 Å². The number of piperidine rings is 1. The second kappa shape index (κ2) is 6.92. The van der Waals surface area contributed by atoms with E-state index in [-0.39, 0.29) is 0 Å². The molecule has 0 amide bonds. The first-order valence-electron chi connectivity index (χ1n) is 7.26. The van der Waals surface area contributed by atoms with Crippen molar-refractivity contribution in [2.24, 2.45) is 5.92 Å². The monoisotopic (exact) mass is 262 g/mol. The molecule has 1 aliphatic rings. The third-order valence-corrected chi connectivity index (χ3v) is 3.73. The van der Waals surface area contributed by atoms with Crippen molar-refractivity contribution in [1.82, 2.24) is 10.2 Å². The molecular weight excluding hydrogens is 236 g/mol. The van der Waals surface area contributed by atoms with Crippen LogP contribution in [0.25, 0.3) is 0 Å². The Morgan fingerprint density at radius 1 is 1.32 bits per heavy atom. The SMILES string of the molecule is C[C@H]1CC[C@H](c2cccc(OCCN(C)C)c2)NC1. The Bertz CT molecular complexity index is 384. The number of ether oxygens (including phenoxy) is 1. The van der Waals surface area contributed by atoms with Crippen molar-refractivity contribution < 1.29 is 4.74 Å². The summed E-state index contributed by atoms with van der Waals surface area (Å²) in [5.41, 5.74) is 1.36. The first-order valence-corrected chi connectivity index (χ1v) is 7.26. The molecule has 0 aromatic heterocycles. The summed E-state index contributed by atoms with van der Waals surface area (Å²) >= 11 is 0. The van der Waals surface area contributed by atoms with Gasteiger partial charge in [-0.1, -0.05) is 19.1 Å². The molecule has 1 saturated heterocycles. The van der Waals surface area contributed by atoms with Crippen molar-refractivity contribution in [2.45, 2.75) is 25.8 Å². The van der Waals surface area contributed by atoms with Crippen molar-refractivity contribution in [3.05, 3.63) is 29.8 Å². The van der Waals surface area contributed by atoms with Gasteiger partial charge in [0.15, 0.2) is 0 Å². The Hall–Kier alpha value is -1.06. The van der Waals surface area contributed by atoms with Crippen LogP contribution in [0.5, 0.6) is 5.75 Å². The third kappa shape index (κ3) is 4.51. The van der Waals surface area contributed by atoms with Crippen LogP contribution in [0.4, 0.5) is 0 Å². The van der Waals surface area contributed by atoms with E-state index in [1.807, 2.05) is 6.07 Å². The molecule has 106 valence electrons. The predicted octanol–water partition coefficient (Wildman–Crippen LogP) is 2.69. The third-order valence-electron chi connectivity index (χ3n) is 3.73. The summed E-state index contributed by atoms with van der Waals surface area (Å²) in [4.78, 5) is 2.13. The van der Waals surface area contributed by atoms with Crippen LogP contribution < -0.4 is 10.1 Å². The Kier molecular flexibility index (Phi) is 5.23. The lowest BCUT2D eigenvalue weighted by atomic mass is 9.92. The fraction of sp³-hybridized carbons (Fsp3) is 0.625. The average Bonchev–Trinajstić information content (AvgIpc) is 2.39. The average molecular weight is 262 g/mol. The molecular formula is C16H26N2O. The van der Waals surface area contributed by atoms with Gasteiger partial charge in [-0.05, 0) is 57.1 Å². The molecule has 0 saturated carbocycles. The minimum absolute atomic E-state index is 0.494. The van der Waals surface area contributed by atoms with Crippen molar-refractivity contribution in [3.63, 3.8) is 0 Å². The number of nitrogens with zero attached hydrogens (tertiary/aromatic N) is 1. The lowest BCUT2D eigenvalue weighted by molar-refractivity contribution is 0.260. The minimum atomic E-state index is 0.494. The number of hydrogen-bond donors (Lipinski definition) is 1. The van der Waals surface area contributed by atoms with Gasteiger partial charge < -0.3 is 15.0 Å². The quantitative estimate of drug-likeness (QED) is 0.883. The van der Waals surface area contributed by atoms with Crippen LogP contribution in [-0.4, -0.2) is 38.7 Å². The molecule has 3 heteroatoms. The zero-order valence-corrected chi connectivity index (χ0v) is 12.4. The van der Waals surface area contributed by atoms with E-state index in [0.29, 0.717) is 6.04 Å². The largest absolute Gasteiger partial charge is 0.492 e. The molecule has 0 spiro atoms. The van der Waals surface area contributed by atoms with Crippen molar-refractivity contribution in [3.8, 4) is 5.75 Å². The first-order chi connectivity index (χ1) is 9.15. The summed E-state index contributed by atoms with van der Waals surface area (Å²) in [7, 11) is 4.12. The van der Waals surface area contributed by atoms with Gasteiger partial charge in [0, 0.05) is 12.6 Å². The van der Waals surface area contributed by atoms with Crippen LogP contribution >= 0.6 is 0 Å². The van der Waals surface area contributed by atoms with Crippen molar-refractivity contribution >= 4 is 0 Å². The predicted molar refractivity (Wildman–Crippen MR) is 79.6 cm³/mol. The molecule has 0 unspecified atom stereocenters. The summed E-state index contributed by atoms with van der Waals surface area (Å²) in [5, 5.41) is 3.62. The lowest BCUT2D eigenvalue weighted by Crippen LogP contribution is -2.31. The fourth-order valence-corrected chi connectivity index (χ4v) is 2.45. The van der Waals surface area contributed by atoms with Gasteiger partial charge in [0.25, 0.3) is 0 Å². The number of rotatable bonds is 5. The number of benzene rings is 1. The molecule has 19 heavy (non-hydrogen) atoms. The Balaban J connectivity index is 1.91. The zero-order chi connectivity index (χ0) is 13.7. The second-order valence-electron chi connectivity index (χ2n) is 5.87. The summed E-state index contributed by atoms with van der Waals surface area (Å²) in [6.45, 7) is 5.12. The number of likely N-dealkylation sites (N-methyl/N-ethyl adjacent to an activating group) is 1. The minimum Gasteiger partial charge on any atom is -0.492 e. The first kappa shape index (κ1) is 14.4. The molecule has 0 aliphatic carbocycles. The molecule has 1 aromatic carbocycles. The summed E-state index contributed by atoms with van der Waals surface area (Å²) in [6, 6.07) is 9.02. The Labute approximate surface area is 116 Å². The maximum Gasteiger partial charge on any atom is 0.119 e. The topological polar surface area (TPSA) is 24.5 Å². The lowest BCUT2D eigenvalue weighted by Gasteiger charge is -2.28. The molecule has 1 N–H and O–H groups in total. The van der Waals surface area contributed by atoms with Crippen LogP contribution in [0.3, 0.4) is 0 Å². The van der Waals surface area contributed by atoms with Crippen LogP contribution in [-0.2, 0) is 0 Å². The Morgan fingerprint density at radius 2 is 2.16 bits per heavy atom. The van der Waals surface area contributed by atoms with Crippen LogP contribution in [0.15, 0.2) is 24.3 Å². The van der Waals surface area contributed by atoms with Gasteiger partial charge in [-0.3, -0.25) is 0 Å². The Morgan fingerprint density at radius 3 is 2.84 bits per heavy atom. The molecule has 1 aliphatic heterocycles. The van der Waals surface area contributed by atoms with E-state index in [0.717, 1.165) is 31.4 Å². The second-order valence-corrected chi connectivity index (χ2v) is 5.87. The highest BCUT2D eigenvalue weighted by Crippen LogP contribution is 2.27. The van der Waals surface area contributed by atoms with Gasteiger partial charge in [0.1, 0.15) is 12.4 Å². The smallest absolute Gasteiger partial charge is 0.119 e. The van der Waals surface area contributed by atoms with Crippen LogP contribution in [0, 0.1) is 5.92 Å². The van der Waals surface area contributed by atoms with Crippen LogP contribution in [0.2, 0.25) is 0 Å². The molecule has 2 atom stereocenters. The van der Waals surface area contributed by atoms with E-state index < -0.39 is 0 Å². The van der Waals surface area contributed by atoms with Crippen LogP contribution in [0.1, 0.15) is 31.4 Å². The molecule has 1 aromatic rings. The van der Waals surface area contributed by atoms with E-state index in [1.54, 1.807) is 0 Å². The standard InChI is InChI=1S/C16H26N2O/c1-13-7-8-16(17-12-13)14-5-4-6-15(11-14)19-10-9-18(2)3/h4-6,11,13,16-17H,7-10,12H2,1-3H3/t13-,16+/m0/s1. The van der Waals surface area contributed by atoms with E-state index in [4.69, 9.17) is 4.74 Å². The molecule has 2 rings (SSSR count). The number of nitrogens with one attached hydrogen (secondary N) is 1. The van der Waals surface area contributed by atoms with Crippen molar-refractivity contribution in [1.29, 1.82) is 0 Å². The van der Waals surface area contributed by atoms with Gasteiger partial charge in [0.2, 0.25) is 0 Å². The van der Waals surface area contributed by atoms with E-state index >= 15 is 0 Å². The van der Waals surface area contributed by atoms with Gasteiger partial charge in [0.05, 0.1) is 0 Å². The molecule has 0 bridgehead atoms. The highest BCUT2D eigenvalue weighted by molar-refractivity contribution is 5.30. The fourth-order valence-electron chi connectivity index (χ4n) is 2.45. The van der Waals surface area contributed by atoms with Gasteiger partial charge in [-0.15, -0.1) is 0 Å². The number of hydrogen-bond acceptors (Lipinski definition) is 3. The van der Waals surface area contributed by atoms with Crippen molar-refractivity contribution in [2.75, 3.05) is 33.8 Å². The normalized spacial score (nSPS) is 23.6. The highest BCUT2D eigenvalue weighted by atomic mass is 16.5. The zero-order valence-electron chi connectivity index (χ0n) is 12.4. The summed E-state index contributed by atoms with van der Waals surface area (Å²) in [5.74, 6) is 1.79. The van der Waals surface area contributed by atoms with Gasteiger partial charge in [-0.2, -0.15) is 0 Å². The molecule has 1 heterocycles. The maximum absolute atomic E-state index is 5.80.